The van der Waals surface area contributed by atoms with Gasteiger partial charge in [-0.05, 0) is 150 Å². The van der Waals surface area contributed by atoms with E-state index in [1.807, 2.05) is 55.5 Å². The van der Waals surface area contributed by atoms with E-state index in [4.69, 9.17) is 9.97 Å². The molecule has 2 aliphatic rings. The van der Waals surface area contributed by atoms with E-state index in [0.29, 0.717) is 16.9 Å². The molecule has 8 aromatic carbocycles. The minimum Gasteiger partial charge on any atom is -0.354 e. The highest BCUT2D eigenvalue weighted by atomic mass is 16.2. The fourth-order valence-corrected chi connectivity index (χ4v) is 10.7. The molecular weight excluding hydrogens is 953 g/mol. The van der Waals surface area contributed by atoms with Crippen molar-refractivity contribution in [2.24, 2.45) is 0 Å². The van der Waals surface area contributed by atoms with Gasteiger partial charge in [-0.1, -0.05) is 174 Å². The van der Waals surface area contributed by atoms with Crippen molar-refractivity contribution >= 4 is 85.3 Å². The summed E-state index contributed by atoms with van der Waals surface area (Å²) in [6.45, 7) is 8.32. The molecule has 13 rings (SSSR count). The Bertz CT molecular complexity index is 4450. The molecule has 0 aliphatic carbocycles. The Morgan fingerprint density at radius 1 is 0.397 bits per heavy atom. The molecule has 3 aromatic heterocycles. The Balaban J connectivity index is 0.964. The first-order valence-electron chi connectivity index (χ1n) is 26.3. The van der Waals surface area contributed by atoms with E-state index in [0.717, 1.165) is 122 Å². The Morgan fingerprint density at radius 2 is 0.795 bits per heavy atom. The third kappa shape index (κ3) is 9.01. The first-order valence-corrected chi connectivity index (χ1v) is 26.3. The van der Waals surface area contributed by atoms with Crippen LogP contribution in [0.15, 0.2) is 194 Å². The van der Waals surface area contributed by atoms with Gasteiger partial charge in [0.1, 0.15) is 0 Å². The van der Waals surface area contributed by atoms with Gasteiger partial charge in [0.05, 0.1) is 28.5 Å². The van der Waals surface area contributed by atoms with E-state index in [9.17, 15) is 4.79 Å². The third-order valence-corrected chi connectivity index (χ3v) is 14.8. The molecule has 0 saturated heterocycles. The molecule has 0 fully saturated rings. The number of aromatic amines is 2. The van der Waals surface area contributed by atoms with Crippen molar-refractivity contribution in [1.82, 2.24) is 19.9 Å². The number of hydrogen-bond donors (Lipinski definition) is 4. The summed E-state index contributed by atoms with van der Waals surface area (Å²) in [5, 5.41) is 10.8. The highest BCUT2D eigenvalue weighted by Gasteiger charge is 2.20. The number of urea groups is 1. The lowest BCUT2D eigenvalue weighted by atomic mass is 9.97. The van der Waals surface area contributed by atoms with Crippen LogP contribution in [0.3, 0.4) is 0 Å². The molecule has 4 N–H and O–H groups in total. The normalized spacial score (nSPS) is 11.7. The molecule has 7 nitrogen and oxygen atoms in total. The van der Waals surface area contributed by atoms with E-state index >= 15 is 0 Å². The molecule has 0 unspecified atom stereocenters. The summed E-state index contributed by atoms with van der Waals surface area (Å²) in [6, 6.07) is 66.8. The molecule has 372 valence electrons. The van der Waals surface area contributed by atoms with Crippen molar-refractivity contribution in [3.8, 4) is 56.3 Å². The van der Waals surface area contributed by atoms with Crippen molar-refractivity contribution in [3.63, 3.8) is 0 Å². The highest BCUT2D eigenvalue weighted by Crippen LogP contribution is 2.40. The van der Waals surface area contributed by atoms with E-state index in [-0.39, 0.29) is 6.03 Å². The second-order valence-corrected chi connectivity index (χ2v) is 20.2. The quantitative estimate of drug-likeness (QED) is 0.0986. The van der Waals surface area contributed by atoms with Crippen LogP contribution >= 0.6 is 0 Å². The van der Waals surface area contributed by atoms with Crippen molar-refractivity contribution in [3.05, 3.63) is 250 Å². The van der Waals surface area contributed by atoms with E-state index < -0.39 is 0 Å². The van der Waals surface area contributed by atoms with Crippen LogP contribution in [0.1, 0.15) is 56.2 Å². The molecule has 5 heterocycles. The van der Waals surface area contributed by atoms with Gasteiger partial charge in [0, 0.05) is 61.1 Å². The molecule has 78 heavy (non-hydrogen) atoms. The summed E-state index contributed by atoms with van der Waals surface area (Å²) in [6.07, 6.45) is 8.46. The average molecular weight is 1010 g/mol. The molecule has 0 atom stereocenters. The predicted molar refractivity (Wildman–Crippen MR) is 326 cm³/mol. The zero-order chi connectivity index (χ0) is 52.9. The number of fused-ring (bicyclic) bond motifs is 10. The number of amides is 2. The Hall–Kier alpha value is -10.3. The third-order valence-electron chi connectivity index (χ3n) is 14.8. The average Bonchev–Trinajstić information content (AvgIpc) is 4.44. The zero-order valence-electron chi connectivity index (χ0n) is 43.6. The number of nitrogens with zero attached hydrogens (tertiary/aromatic N) is 2. The van der Waals surface area contributed by atoms with Gasteiger partial charge >= 0.3 is 6.03 Å². The van der Waals surface area contributed by atoms with Crippen LogP contribution in [-0.4, -0.2) is 26.0 Å². The molecule has 0 saturated carbocycles. The van der Waals surface area contributed by atoms with Crippen molar-refractivity contribution in [2.45, 2.75) is 27.7 Å². The van der Waals surface area contributed by atoms with Crippen molar-refractivity contribution in [1.29, 1.82) is 0 Å². The second kappa shape index (κ2) is 19.8. The SMILES string of the molecule is Cc1ccc(-c2c3nc(c(-c4ccc(C)cc4)c4ccc([nH]4)c(-c4ccc(C)c(NC(=O)Nc5ccccc5C#Cc5c6ccccc6cc6ccccc56)c4)c4nc(c(-c5ccc(C)cc5)c5ccc2[nH]5)C=C4)C=C3)cc1. The molecule has 8 bridgehead atoms. The van der Waals surface area contributed by atoms with Gasteiger partial charge < -0.3 is 20.6 Å². The molecule has 2 aliphatic heterocycles. The summed E-state index contributed by atoms with van der Waals surface area (Å²) in [5.41, 5.74) is 22.1. The summed E-state index contributed by atoms with van der Waals surface area (Å²) >= 11 is 0. The van der Waals surface area contributed by atoms with Crippen molar-refractivity contribution in [2.75, 3.05) is 10.6 Å². The van der Waals surface area contributed by atoms with Crippen molar-refractivity contribution < 1.29 is 4.79 Å². The van der Waals surface area contributed by atoms with Crippen LogP contribution < -0.4 is 10.6 Å². The lowest BCUT2D eigenvalue weighted by Crippen LogP contribution is -2.20. The van der Waals surface area contributed by atoms with Gasteiger partial charge in [-0.25, -0.2) is 14.8 Å². The maximum atomic E-state index is 14.3. The van der Waals surface area contributed by atoms with Gasteiger partial charge in [0.25, 0.3) is 0 Å². The first-order chi connectivity index (χ1) is 38.2. The van der Waals surface area contributed by atoms with Crippen LogP contribution in [0.2, 0.25) is 0 Å². The fraction of sp³-hybridized carbons (Fsp3) is 0.0563. The van der Waals surface area contributed by atoms with E-state index in [2.05, 4.69) is 223 Å². The van der Waals surface area contributed by atoms with E-state index in [1.54, 1.807) is 0 Å². The van der Waals surface area contributed by atoms with Gasteiger partial charge in [-0.2, -0.15) is 0 Å². The Labute approximate surface area is 452 Å². The lowest BCUT2D eigenvalue weighted by molar-refractivity contribution is 0.262. The molecule has 0 spiro atoms. The number of aryl methyl sites for hydroxylation is 4. The minimum absolute atomic E-state index is 0.386. The number of hydrogen-bond acceptors (Lipinski definition) is 3. The minimum atomic E-state index is -0.386. The van der Waals surface area contributed by atoms with Crippen LogP contribution in [0.5, 0.6) is 0 Å². The maximum Gasteiger partial charge on any atom is 0.323 e. The molecule has 0 radical (unpaired) electrons. The maximum absolute atomic E-state index is 14.3. The predicted octanol–water partition coefficient (Wildman–Crippen LogP) is 17.9. The summed E-state index contributed by atoms with van der Waals surface area (Å²) in [4.78, 5) is 33.0. The number of aromatic nitrogens is 4. The number of anilines is 2. The topological polar surface area (TPSA) is 98.5 Å². The van der Waals surface area contributed by atoms with Gasteiger partial charge in [0.15, 0.2) is 0 Å². The Morgan fingerprint density at radius 3 is 1.27 bits per heavy atom. The van der Waals surface area contributed by atoms with Crippen LogP contribution in [-0.2, 0) is 0 Å². The number of nitrogens with one attached hydrogen (secondary N) is 4. The summed E-state index contributed by atoms with van der Waals surface area (Å²) in [7, 11) is 0. The molecule has 2 amide bonds. The monoisotopic (exact) mass is 1000 g/mol. The summed E-state index contributed by atoms with van der Waals surface area (Å²) < 4.78 is 0. The standard InChI is InChI=1S/C71H52N6O/c1-43-17-24-48(25-18-43)67-58-33-35-60(72-58)68(49-26-19-44(2)20-27-49)62-37-39-64(74-62)70(65-40-38-63(75-65)69(61-36-34-59(67)73-61)50-28-21-45(3)22-29-50)53-30-23-46(4)66(42-53)77-71(78)76-57-16-10-7-11-47(57)31-32-56-54-14-8-5-12-51(54)41-52-13-6-9-15-55(52)56/h5-30,33-42,72,75H,1-4H3,(H2,76,77,78). The summed E-state index contributed by atoms with van der Waals surface area (Å²) in [5.74, 6) is 6.91. The molecular formula is C71H52N6O. The largest absolute Gasteiger partial charge is 0.354 e. The van der Waals surface area contributed by atoms with Gasteiger partial charge in [-0.3, -0.25) is 0 Å². The highest BCUT2D eigenvalue weighted by molar-refractivity contribution is 6.06. The number of H-pyrrole nitrogens is 2. The smallest absolute Gasteiger partial charge is 0.323 e. The number of carbonyl (C=O) groups is 1. The lowest BCUT2D eigenvalue weighted by Gasteiger charge is -2.13. The molecule has 7 heteroatoms. The molecule has 11 aromatic rings. The number of benzene rings is 8. The number of rotatable bonds is 6. The fourth-order valence-electron chi connectivity index (χ4n) is 10.7. The van der Waals surface area contributed by atoms with E-state index in [1.165, 1.54) is 16.7 Å². The Kier molecular flexibility index (Phi) is 12.0. The number of carbonyl (C=O) groups excluding carboxylic acids is 1. The van der Waals surface area contributed by atoms with Crippen LogP contribution in [0.4, 0.5) is 16.2 Å². The van der Waals surface area contributed by atoms with Crippen LogP contribution in [0.25, 0.3) is 112 Å². The van der Waals surface area contributed by atoms with Gasteiger partial charge in [-0.15, -0.1) is 0 Å². The van der Waals surface area contributed by atoms with Crippen LogP contribution in [0, 0.1) is 39.5 Å². The zero-order valence-corrected chi connectivity index (χ0v) is 43.6. The van der Waals surface area contributed by atoms with Gasteiger partial charge in [0.2, 0.25) is 0 Å². The second-order valence-electron chi connectivity index (χ2n) is 20.2. The first kappa shape index (κ1) is 47.4. The number of para-hydroxylation sites is 1.